The van der Waals surface area contributed by atoms with E-state index in [4.69, 9.17) is 0 Å². The summed E-state index contributed by atoms with van der Waals surface area (Å²) in [5.74, 6) is 0.128. The first kappa shape index (κ1) is 12.1. The van der Waals surface area contributed by atoms with Crippen molar-refractivity contribution < 1.29 is 9.59 Å². The molecule has 1 aliphatic heterocycles. The lowest BCUT2D eigenvalue weighted by Gasteiger charge is -2.43. The first-order chi connectivity index (χ1) is 9.04. The van der Waals surface area contributed by atoms with Crippen LogP contribution in [0.15, 0.2) is 24.5 Å². The molecule has 1 aromatic heterocycles. The Morgan fingerprint density at radius 2 is 2.16 bits per heavy atom. The highest BCUT2D eigenvalue weighted by molar-refractivity contribution is 6.10. The minimum Gasteiger partial charge on any atom is -0.340 e. The van der Waals surface area contributed by atoms with Crippen molar-refractivity contribution in [2.45, 2.75) is 38.3 Å². The van der Waals surface area contributed by atoms with Crippen LogP contribution in [-0.4, -0.2) is 28.4 Å². The summed E-state index contributed by atoms with van der Waals surface area (Å²) in [6.07, 6.45) is 5.28. The zero-order valence-corrected chi connectivity index (χ0v) is 11.1. The Bertz CT molecular complexity index is 527. The van der Waals surface area contributed by atoms with E-state index in [1.807, 2.05) is 13.0 Å². The van der Waals surface area contributed by atoms with Gasteiger partial charge in [-0.15, -0.1) is 0 Å². The first-order valence-corrected chi connectivity index (χ1v) is 6.60. The van der Waals surface area contributed by atoms with Gasteiger partial charge in [0.2, 0.25) is 5.91 Å². The predicted octanol–water partition coefficient (Wildman–Crippen LogP) is 1.10. The third-order valence-electron chi connectivity index (χ3n) is 4.13. The van der Waals surface area contributed by atoms with E-state index >= 15 is 0 Å². The molecule has 3 rings (SSSR count). The third-order valence-corrected chi connectivity index (χ3v) is 4.13. The van der Waals surface area contributed by atoms with Crippen LogP contribution in [0.25, 0.3) is 0 Å². The lowest BCUT2D eigenvalue weighted by atomic mass is 9.89. The van der Waals surface area contributed by atoms with Gasteiger partial charge in [-0.3, -0.25) is 19.5 Å². The summed E-state index contributed by atoms with van der Waals surface area (Å²) in [7, 11) is 0. The molecule has 5 nitrogen and oxygen atoms in total. The van der Waals surface area contributed by atoms with Crippen LogP contribution in [-0.2, 0) is 9.59 Å². The molecule has 2 heterocycles. The number of anilines is 1. The summed E-state index contributed by atoms with van der Waals surface area (Å²) in [5, 5.41) is 2.90. The summed E-state index contributed by atoms with van der Waals surface area (Å²) < 4.78 is 0. The van der Waals surface area contributed by atoms with E-state index in [1.165, 1.54) is 0 Å². The van der Waals surface area contributed by atoms with Gasteiger partial charge < -0.3 is 5.32 Å². The number of nitrogens with one attached hydrogen (secondary N) is 1. The Balaban J connectivity index is 2.01. The second kappa shape index (κ2) is 4.05. The average Bonchev–Trinajstić information content (AvgIpc) is 3.23. The molecule has 1 N–H and O–H groups in total. The maximum Gasteiger partial charge on any atom is 0.253 e. The quantitative estimate of drug-likeness (QED) is 0.865. The Labute approximate surface area is 112 Å². The van der Waals surface area contributed by atoms with Gasteiger partial charge >= 0.3 is 0 Å². The maximum absolute atomic E-state index is 12.8. The highest BCUT2D eigenvalue weighted by Crippen LogP contribution is 2.42. The predicted molar refractivity (Wildman–Crippen MR) is 70.5 cm³/mol. The summed E-state index contributed by atoms with van der Waals surface area (Å²) in [6.45, 7) is 3.58. The average molecular weight is 259 g/mol. The fourth-order valence-corrected chi connectivity index (χ4v) is 2.73. The van der Waals surface area contributed by atoms with E-state index in [9.17, 15) is 9.59 Å². The van der Waals surface area contributed by atoms with E-state index in [-0.39, 0.29) is 17.7 Å². The number of nitrogens with zero attached hydrogens (tertiary/aromatic N) is 2. The molecular formula is C14H17N3O2. The molecule has 2 unspecified atom stereocenters. The molecule has 2 atom stereocenters. The van der Waals surface area contributed by atoms with Crippen molar-refractivity contribution in [2.24, 2.45) is 5.92 Å². The zero-order valence-electron chi connectivity index (χ0n) is 11.1. The van der Waals surface area contributed by atoms with Crippen LogP contribution in [0.4, 0.5) is 5.69 Å². The summed E-state index contributed by atoms with van der Waals surface area (Å²) in [6, 6.07) is 3.09. The molecule has 1 saturated carbocycles. The van der Waals surface area contributed by atoms with Gasteiger partial charge in [0.15, 0.2) is 0 Å². The zero-order chi connectivity index (χ0) is 13.6. The van der Waals surface area contributed by atoms with Gasteiger partial charge in [0, 0.05) is 6.20 Å². The Morgan fingerprint density at radius 3 is 2.74 bits per heavy atom. The smallest absolute Gasteiger partial charge is 0.253 e. The second-order valence-corrected chi connectivity index (χ2v) is 5.53. The maximum atomic E-state index is 12.8. The van der Waals surface area contributed by atoms with Crippen molar-refractivity contribution in [1.29, 1.82) is 0 Å². The number of aromatic nitrogens is 1. The highest BCUT2D eigenvalue weighted by Gasteiger charge is 2.54. The summed E-state index contributed by atoms with van der Waals surface area (Å²) in [5.41, 5.74) is -0.0823. The first-order valence-electron chi connectivity index (χ1n) is 6.60. The van der Waals surface area contributed by atoms with Crippen LogP contribution in [0, 0.1) is 5.92 Å². The van der Waals surface area contributed by atoms with E-state index in [2.05, 4.69) is 10.3 Å². The van der Waals surface area contributed by atoms with Crippen LogP contribution in [0.2, 0.25) is 0 Å². The molecule has 0 spiro atoms. The van der Waals surface area contributed by atoms with Gasteiger partial charge in [0.05, 0.1) is 11.9 Å². The lowest BCUT2D eigenvalue weighted by molar-refractivity contribution is -0.138. The van der Waals surface area contributed by atoms with Crippen molar-refractivity contribution >= 4 is 17.5 Å². The summed E-state index contributed by atoms with van der Waals surface area (Å²) >= 11 is 0. The van der Waals surface area contributed by atoms with Gasteiger partial charge in [-0.1, -0.05) is 0 Å². The molecule has 1 aromatic rings. The monoisotopic (exact) mass is 259 g/mol. The van der Waals surface area contributed by atoms with Crippen molar-refractivity contribution in [3.63, 3.8) is 0 Å². The van der Waals surface area contributed by atoms with Crippen LogP contribution in [0.1, 0.15) is 26.7 Å². The third kappa shape index (κ3) is 1.80. The molecule has 0 aromatic carbocycles. The van der Waals surface area contributed by atoms with E-state index in [0.717, 1.165) is 12.8 Å². The minimum atomic E-state index is -0.764. The normalized spacial score (nSPS) is 31.3. The minimum absolute atomic E-state index is 0.0323. The molecule has 2 aliphatic rings. The van der Waals surface area contributed by atoms with Gasteiger partial charge in [-0.2, -0.15) is 0 Å². The standard InChI is InChI=1S/C14H17N3O2/c1-9-12(18)16-14(2,10-5-6-10)13(19)17(9)11-4-3-7-15-8-11/h3-4,7-10H,5-6H2,1-2H3,(H,16,18). The topological polar surface area (TPSA) is 62.3 Å². The van der Waals surface area contributed by atoms with Gasteiger partial charge in [-0.25, -0.2) is 0 Å². The number of carbonyl (C=O) groups excluding carboxylic acids is 2. The molecule has 1 aliphatic carbocycles. The molecular weight excluding hydrogens is 242 g/mol. The van der Waals surface area contributed by atoms with Gasteiger partial charge in [0.1, 0.15) is 11.6 Å². The molecule has 19 heavy (non-hydrogen) atoms. The van der Waals surface area contributed by atoms with Crippen LogP contribution < -0.4 is 10.2 Å². The Hall–Kier alpha value is -1.91. The molecule has 2 amide bonds. The second-order valence-electron chi connectivity index (χ2n) is 5.53. The van der Waals surface area contributed by atoms with Gasteiger partial charge in [0.25, 0.3) is 5.91 Å². The Morgan fingerprint density at radius 1 is 1.42 bits per heavy atom. The number of hydrogen-bond donors (Lipinski definition) is 1. The van der Waals surface area contributed by atoms with Crippen LogP contribution in [0.5, 0.6) is 0 Å². The number of carbonyl (C=O) groups is 2. The number of rotatable bonds is 2. The number of hydrogen-bond acceptors (Lipinski definition) is 3. The van der Waals surface area contributed by atoms with Crippen molar-refractivity contribution in [3.8, 4) is 0 Å². The van der Waals surface area contributed by atoms with Crippen molar-refractivity contribution in [2.75, 3.05) is 4.90 Å². The molecule has 0 radical (unpaired) electrons. The van der Waals surface area contributed by atoms with Crippen LogP contribution >= 0.6 is 0 Å². The van der Waals surface area contributed by atoms with Gasteiger partial charge in [-0.05, 0) is 44.7 Å². The van der Waals surface area contributed by atoms with E-state index in [0.29, 0.717) is 5.69 Å². The van der Waals surface area contributed by atoms with Crippen molar-refractivity contribution in [1.82, 2.24) is 10.3 Å². The molecule has 2 fully saturated rings. The highest BCUT2D eigenvalue weighted by atomic mass is 16.2. The molecule has 0 bridgehead atoms. The molecule has 1 saturated heterocycles. The molecule has 100 valence electrons. The fourth-order valence-electron chi connectivity index (χ4n) is 2.73. The Kier molecular flexibility index (Phi) is 2.59. The van der Waals surface area contributed by atoms with E-state index < -0.39 is 11.6 Å². The number of amides is 2. The van der Waals surface area contributed by atoms with Crippen LogP contribution in [0.3, 0.4) is 0 Å². The SMILES string of the molecule is CC1C(=O)NC(C)(C2CC2)C(=O)N1c1cccnc1. The fraction of sp³-hybridized carbons (Fsp3) is 0.500. The molecule has 5 heteroatoms. The summed E-state index contributed by atoms with van der Waals surface area (Å²) in [4.78, 5) is 30.5. The largest absolute Gasteiger partial charge is 0.340 e. The number of pyridine rings is 1. The van der Waals surface area contributed by atoms with Crippen molar-refractivity contribution in [3.05, 3.63) is 24.5 Å². The lowest BCUT2D eigenvalue weighted by Crippen LogP contribution is -2.69. The number of piperazine rings is 1. The van der Waals surface area contributed by atoms with E-state index in [1.54, 1.807) is 30.3 Å².